The number of carbonyl (C=O) groups is 2. The Morgan fingerprint density at radius 3 is 2.84 bits per heavy atom. The molecule has 2 atom stereocenters. The molecule has 0 bridgehead atoms. The smallest absolute Gasteiger partial charge is 0.244 e. The number of hydrogen-bond donors (Lipinski definition) is 2. The molecular weight excluding hydrogens is 242 g/mol. The molecule has 1 aliphatic heterocycles. The van der Waals surface area contributed by atoms with Crippen LogP contribution < -0.4 is 16.0 Å². The molecule has 1 fully saturated rings. The molecular formula is C14H17N3O2. The van der Waals surface area contributed by atoms with Crippen molar-refractivity contribution in [2.75, 3.05) is 16.8 Å². The molecule has 1 heterocycles. The highest BCUT2D eigenvalue weighted by molar-refractivity contribution is 6.10. The number of carbonyl (C=O) groups excluding carboxylic acids is 2. The molecule has 3 rings (SSSR count). The highest BCUT2D eigenvalue weighted by Gasteiger charge is 2.36. The molecule has 0 saturated heterocycles. The number of nitrogens with two attached hydrogens (primary N) is 1. The highest BCUT2D eigenvalue weighted by Crippen LogP contribution is 2.33. The molecule has 0 radical (unpaired) electrons. The van der Waals surface area contributed by atoms with Crippen LogP contribution in [0.4, 0.5) is 11.4 Å². The first-order valence-corrected chi connectivity index (χ1v) is 6.62. The molecule has 100 valence electrons. The van der Waals surface area contributed by atoms with Gasteiger partial charge in [0, 0.05) is 6.04 Å². The predicted molar refractivity (Wildman–Crippen MR) is 72.7 cm³/mol. The number of para-hydroxylation sites is 2. The Morgan fingerprint density at radius 2 is 2.11 bits per heavy atom. The van der Waals surface area contributed by atoms with Crippen molar-refractivity contribution in [1.82, 2.24) is 0 Å². The van der Waals surface area contributed by atoms with Crippen LogP contribution in [0, 0.1) is 5.92 Å². The van der Waals surface area contributed by atoms with Gasteiger partial charge in [-0.1, -0.05) is 18.6 Å². The SMILES string of the molecule is NC1CCCC1C(=O)N1CC(=O)Nc2ccccc21. The maximum Gasteiger partial charge on any atom is 0.244 e. The third-order valence-electron chi connectivity index (χ3n) is 3.92. The molecule has 2 unspecified atom stereocenters. The van der Waals surface area contributed by atoms with Crippen LogP contribution in [0.15, 0.2) is 24.3 Å². The van der Waals surface area contributed by atoms with Gasteiger partial charge in [-0.3, -0.25) is 9.59 Å². The lowest BCUT2D eigenvalue weighted by Crippen LogP contribution is -2.47. The van der Waals surface area contributed by atoms with E-state index in [-0.39, 0.29) is 30.3 Å². The molecule has 2 amide bonds. The number of amides is 2. The summed E-state index contributed by atoms with van der Waals surface area (Å²) >= 11 is 0. The molecule has 0 spiro atoms. The van der Waals surface area contributed by atoms with Gasteiger partial charge in [0.25, 0.3) is 0 Å². The van der Waals surface area contributed by atoms with Crippen LogP contribution in [-0.2, 0) is 9.59 Å². The van der Waals surface area contributed by atoms with Crippen molar-refractivity contribution in [3.8, 4) is 0 Å². The van der Waals surface area contributed by atoms with E-state index in [2.05, 4.69) is 5.32 Å². The normalized spacial score (nSPS) is 25.9. The minimum Gasteiger partial charge on any atom is -0.327 e. The number of fused-ring (bicyclic) bond motifs is 1. The summed E-state index contributed by atoms with van der Waals surface area (Å²) in [4.78, 5) is 25.9. The third kappa shape index (κ3) is 2.10. The van der Waals surface area contributed by atoms with Gasteiger partial charge < -0.3 is 16.0 Å². The van der Waals surface area contributed by atoms with Crippen LogP contribution in [-0.4, -0.2) is 24.4 Å². The molecule has 2 aliphatic rings. The Kier molecular flexibility index (Phi) is 2.98. The van der Waals surface area contributed by atoms with Gasteiger partial charge in [-0.15, -0.1) is 0 Å². The van der Waals surface area contributed by atoms with Crippen LogP contribution >= 0.6 is 0 Å². The van der Waals surface area contributed by atoms with E-state index in [0.717, 1.165) is 24.9 Å². The fourth-order valence-electron chi connectivity index (χ4n) is 2.93. The minimum absolute atomic E-state index is 0.0210. The molecule has 19 heavy (non-hydrogen) atoms. The first-order chi connectivity index (χ1) is 9.16. The van der Waals surface area contributed by atoms with Crippen molar-refractivity contribution in [1.29, 1.82) is 0 Å². The fourth-order valence-corrected chi connectivity index (χ4v) is 2.93. The predicted octanol–water partition coefficient (Wildman–Crippen LogP) is 1.10. The van der Waals surface area contributed by atoms with Gasteiger partial charge >= 0.3 is 0 Å². The van der Waals surface area contributed by atoms with Gasteiger partial charge in [0.05, 0.1) is 17.3 Å². The monoisotopic (exact) mass is 259 g/mol. The summed E-state index contributed by atoms with van der Waals surface area (Å²) in [6.07, 6.45) is 2.69. The van der Waals surface area contributed by atoms with Gasteiger partial charge in [-0.2, -0.15) is 0 Å². The van der Waals surface area contributed by atoms with Gasteiger partial charge in [-0.05, 0) is 25.0 Å². The van der Waals surface area contributed by atoms with E-state index in [9.17, 15) is 9.59 Å². The Hall–Kier alpha value is -1.88. The molecule has 3 N–H and O–H groups in total. The quantitative estimate of drug-likeness (QED) is 0.793. The average molecular weight is 259 g/mol. The van der Waals surface area contributed by atoms with Crippen LogP contribution in [0.3, 0.4) is 0 Å². The second kappa shape index (κ2) is 4.66. The Morgan fingerprint density at radius 1 is 1.32 bits per heavy atom. The van der Waals surface area contributed by atoms with Crippen molar-refractivity contribution in [3.05, 3.63) is 24.3 Å². The summed E-state index contributed by atoms with van der Waals surface area (Å²) in [5, 5.41) is 2.78. The molecule has 1 aliphatic carbocycles. The topological polar surface area (TPSA) is 75.4 Å². The lowest BCUT2D eigenvalue weighted by molar-refractivity contribution is -0.124. The van der Waals surface area contributed by atoms with E-state index in [1.165, 1.54) is 0 Å². The molecule has 5 heteroatoms. The van der Waals surface area contributed by atoms with E-state index in [1.54, 1.807) is 11.0 Å². The first kappa shape index (κ1) is 12.2. The van der Waals surface area contributed by atoms with Crippen LogP contribution in [0.2, 0.25) is 0 Å². The summed E-state index contributed by atoms with van der Waals surface area (Å²) in [6.45, 7) is 0.0824. The zero-order valence-electron chi connectivity index (χ0n) is 10.6. The molecule has 1 aromatic rings. The largest absolute Gasteiger partial charge is 0.327 e. The summed E-state index contributed by atoms with van der Waals surface area (Å²) in [5.74, 6) is -0.329. The standard InChI is InChI=1S/C14H17N3O2/c15-10-5-3-4-9(10)14(19)17-8-13(18)16-11-6-1-2-7-12(11)17/h1-2,6-7,9-10H,3-5,8,15H2,(H,16,18). The Labute approximate surface area is 111 Å². The molecule has 5 nitrogen and oxygen atoms in total. The van der Waals surface area contributed by atoms with Crippen molar-refractivity contribution in [3.63, 3.8) is 0 Å². The first-order valence-electron chi connectivity index (χ1n) is 6.62. The number of benzene rings is 1. The second-order valence-electron chi connectivity index (χ2n) is 5.19. The van der Waals surface area contributed by atoms with Crippen LogP contribution in [0.1, 0.15) is 19.3 Å². The molecule has 1 aromatic carbocycles. The maximum absolute atomic E-state index is 12.6. The zero-order chi connectivity index (χ0) is 13.4. The minimum atomic E-state index is -0.154. The van der Waals surface area contributed by atoms with E-state index in [0.29, 0.717) is 5.69 Å². The van der Waals surface area contributed by atoms with Crippen molar-refractivity contribution in [2.24, 2.45) is 11.7 Å². The van der Waals surface area contributed by atoms with Gasteiger partial charge in [0.1, 0.15) is 6.54 Å². The number of rotatable bonds is 1. The fraction of sp³-hybridized carbons (Fsp3) is 0.429. The van der Waals surface area contributed by atoms with Crippen molar-refractivity contribution < 1.29 is 9.59 Å². The highest BCUT2D eigenvalue weighted by atomic mass is 16.2. The van der Waals surface area contributed by atoms with Crippen molar-refractivity contribution in [2.45, 2.75) is 25.3 Å². The van der Waals surface area contributed by atoms with Crippen LogP contribution in [0.5, 0.6) is 0 Å². The van der Waals surface area contributed by atoms with E-state index < -0.39 is 0 Å². The molecule has 0 aromatic heterocycles. The number of nitrogens with one attached hydrogen (secondary N) is 1. The van der Waals surface area contributed by atoms with Crippen molar-refractivity contribution >= 4 is 23.2 Å². The van der Waals surface area contributed by atoms with E-state index >= 15 is 0 Å². The maximum atomic E-state index is 12.6. The van der Waals surface area contributed by atoms with E-state index in [4.69, 9.17) is 5.73 Å². The average Bonchev–Trinajstić information content (AvgIpc) is 2.83. The Balaban J connectivity index is 1.92. The van der Waals surface area contributed by atoms with Gasteiger partial charge in [0.15, 0.2) is 0 Å². The zero-order valence-corrected chi connectivity index (χ0v) is 10.6. The summed E-state index contributed by atoms with van der Waals surface area (Å²) in [6, 6.07) is 7.29. The number of hydrogen-bond acceptors (Lipinski definition) is 3. The lowest BCUT2D eigenvalue weighted by atomic mass is 10.0. The van der Waals surface area contributed by atoms with E-state index in [1.807, 2.05) is 18.2 Å². The third-order valence-corrected chi connectivity index (χ3v) is 3.92. The summed E-state index contributed by atoms with van der Waals surface area (Å²) < 4.78 is 0. The summed E-state index contributed by atoms with van der Waals surface area (Å²) in [5.41, 5.74) is 7.46. The molecule has 1 saturated carbocycles. The van der Waals surface area contributed by atoms with Crippen LogP contribution in [0.25, 0.3) is 0 Å². The number of nitrogens with zero attached hydrogens (tertiary/aromatic N) is 1. The van der Waals surface area contributed by atoms with Gasteiger partial charge in [0.2, 0.25) is 11.8 Å². The second-order valence-corrected chi connectivity index (χ2v) is 5.19. The Bertz CT molecular complexity index is 529. The van der Waals surface area contributed by atoms with Gasteiger partial charge in [-0.25, -0.2) is 0 Å². The lowest BCUT2D eigenvalue weighted by Gasteiger charge is -2.31. The number of anilines is 2. The summed E-state index contributed by atoms with van der Waals surface area (Å²) in [7, 11) is 0.